The maximum absolute atomic E-state index is 12.7. The molecule has 5 rings (SSSR count). The SMILES string of the molecule is COc1ccc(C2C3=C(N=C4SCC(=O)N42)C(=C2SCCCS2)CCC3)cc1. The quantitative estimate of drug-likeness (QED) is 0.645. The number of aliphatic imine (C=N–C) groups is 1. The average molecular weight is 431 g/mol. The largest absolute Gasteiger partial charge is 0.497 e. The number of amides is 1. The third-order valence-corrected chi connectivity index (χ3v) is 9.14. The minimum atomic E-state index is -0.0367. The molecule has 1 aliphatic carbocycles. The third kappa shape index (κ3) is 3.21. The van der Waals surface area contributed by atoms with Crippen molar-refractivity contribution in [3.05, 3.63) is 50.9 Å². The minimum Gasteiger partial charge on any atom is -0.497 e. The molecule has 0 spiro atoms. The Hall–Kier alpha value is -1.31. The highest BCUT2D eigenvalue weighted by Crippen LogP contribution is 2.50. The second kappa shape index (κ2) is 7.84. The van der Waals surface area contributed by atoms with Crippen LogP contribution >= 0.6 is 35.3 Å². The van der Waals surface area contributed by atoms with Gasteiger partial charge in [0, 0.05) is 4.24 Å². The van der Waals surface area contributed by atoms with Crippen LogP contribution < -0.4 is 4.74 Å². The fourth-order valence-electron chi connectivity index (χ4n) is 4.20. The maximum Gasteiger partial charge on any atom is 0.239 e. The van der Waals surface area contributed by atoms with Crippen LogP contribution in [0.4, 0.5) is 0 Å². The van der Waals surface area contributed by atoms with E-state index in [1.54, 1.807) is 18.9 Å². The fourth-order valence-corrected chi connectivity index (χ4v) is 7.80. The van der Waals surface area contributed by atoms with Crippen molar-refractivity contribution in [1.29, 1.82) is 0 Å². The molecule has 3 heterocycles. The fraction of sp³-hybridized carbons (Fsp3) is 0.429. The average Bonchev–Trinajstić information content (AvgIpc) is 3.13. The highest BCUT2D eigenvalue weighted by Gasteiger charge is 2.42. The minimum absolute atomic E-state index is 0.0367. The van der Waals surface area contributed by atoms with Gasteiger partial charge in [0.25, 0.3) is 0 Å². The van der Waals surface area contributed by atoms with Crippen molar-refractivity contribution in [2.75, 3.05) is 24.4 Å². The highest BCUT2D eigenvalue weighted by atomic mass is 32.2. The molecule has 0 bridgehead atoms. The standard InChI is InChI=1S/C21H22N2O2S3/c1-25-14-8-6-13(7-9-14)19-15-4-2-5-16(20-26-10-3-11-27-20)18(15)22-21-23(19)17(24)12-28-21/h6-9,19H,2-5,10-12H2,1H3. The first kappa shape index (κ1) is 18.7. The molecule has 7 heteroatoms. The molecule has 0 radical (unpaired) electrons. The Morgan fingerprint density at radius 1 is 1.07 bits per heavy atom. The molecule has 146 valence electrons. The number of rotatable bonds is 2. The first-order valence-electron chi connectivity index (χ1n) is 9.66. The van der Waals surface area contributed by atoms with Gasteiger partial charge in [0.1, 0.15) is 5.75 Å². The monoisotopic (exact) mass is 430 g/mol. The number of benzene rings is 1. The lowest BCUT2D eigenvalue weighted by atomic mass is 9.84. The van der Waals surface area contributed by atoms with Gasteiger partial charge >= 0.3 is 0 Å². The summed E-state index contributed by atoms with van der Waals surface area (Å²) in [5, 5.41) is 0.871. The van der Waals surface area contributed by atoms with Crippen molar-refractivity contribution >= 4 is 46.4 Å². The lowest BCUT2D eigenvalue weighted by molar-refractivity contribution is -0.125. The van der Waals surface area contributed by atoms with E-state index < -0.39 is 0 Å². The van der Waals surface area contributed by atoms with E-state index in [2.05, 4.69) is 12.1 Å². The Kier molecular flexibility index (Phi) is 5.24. The molecule has 4 aliphatic rings. The van der Waals surface area contributed by atoms with Crippen LogP contribution in [0.1, 0.15) is 37.3 Å². The summed E-state index contributed by atoms with van der Waals surface area (Å²) < 4.78 is 6.79. The van der Waals surface area contributed by atoms with Gasteiger partial charge in [-0.25, -0.2) is 4.99 Å². The molecule has 1 amide bonds. The molecule has 28 heavy (non-hydrogen) atoms. The van der Waals surface area contributed by atoms with Crippen LogP contribution in [0, 0.1) is 0 Å². The van der Waals surface area contributed by atoms with Crippen LogP contribution in [0.15, 0.2) is 50.3 Å². The smallest absolute Gasteiger partial charge is 0.239 e. The summed E-state index contributed by atoms with van der Waals surface area (Å²) in [6, 6.07) is 8.14. The molecule has 1 aromatic rings. The molecule has 3 aliphatic heterocycles. The van der Waals surface area contributed by atoms with E-state index in [1.165, 1.54) is 33.3 Å². The number of hydrogen-bond acceptors (Lipinski definition) is 6. The van der Waals surface area contributed by atoms with Crippen molar-refractivity contribution in [2.24, 2.45) is 4.99 Å². The van der Waals surface area contributed by atoms with Crippen molar-refractivity contribution < 1.29 is 9.53 Å². The summed E-state index contributed by atoms with van der Waals surface area (Å²) in [7, 11) is 1.68. The summed E-state index contributed by atoms with van der Waals surface area (Å²) in [6.45, 7) is 0. The molecule has 0 saturated carbocycles. The zero-order chi connectivity index (χ0) is 19.1. The van der Waals surface area contributed by atoms with E-state index in [0.29, 0.717) is 5.75 Å². The molecular weight excluding hydrogens is 408 g/mol. The number of allylic oxidation sites excluding steroid dienone is 1. The zero-order valence-corrected chi connectivity index (χ0v) is 18.2. The second-order valence-electron chi connectivity index (χ2n) is 7.17. The van der Waals surface area contributed by atoms with Crippen molar-refractivity contribution in [2.45, 2.75) is 31.7 Å². The van der Waals surface area contributed by atoms with Crippen molar-refractivity contribution in [3.63, 3.8) is 0 Å². The van der Waals surface area contributed by atoms with Gasteiger partial charge in [-0.3, -0.25) is 9.69 Å². The normalized spacial score (nSPS) is 24.9. The van der Waals surface area contributed by atoms with Gasteiger partial charge in [-0.1, -0.05) is 23.9 Å². The van der Waals surface area contributed by atoms with Gasteiger partial charge in [0.05, 0.1) is 24.6 Å². The number of carbonyl (C=O) groups excluding carboxylic acids is 1. The maximum atomic E-state index is 12.7. The Balaban J connectivity index is 1.64. The molecule has 0 N–H and O–H groups in total. The highest BCUT2D eigenvalue weighted by molar-refractivity contribution is 8.22. The second-order valence-corrected chi connectivity index (χ2v) is 10.6. The lowest BCUT2D eigenvalue weighted by Gasteiger charge is -2.37. The van der Waals surface area contributed by atoms with Crippen molar-refractivity contribution in [1.82, 2.24) is 4.90 Å². The molecule has 0 aromatic heterocycles. The number of thioether (sulfide) groups is 3. The Bertz CT molecular complexity index is 897. The van der Waals surface area contributed by atoms with Crippen molar-refractivity contribution in [3.8, 4) is 5.75 Å². The molecule has 4 nitrogen and oxygen atoms in total. The van der Waals surface area contributed by atoms with E-state index in [1.807, 2.05) is 40.6 Å². The molecule has 1 atom stereocenters. The van der Waals surface area contributed by atoms with E-state index in [-0.39, 0.29) is 11.9 Å². The van der Waals surface area contributed by atoms with Crippen LogP contribution in [-0.2, 0) is 4.79 Å². The number of nitrogens with zero attached hydrogens (tertiary/aromatic N) is 2. The van der Waals surface area contributed by atoms with Gasteiger partial charge in [-0.05, 0) is 66.0 Å². The van der Waals surface area contributed by atoms with Gasteiger partial charge in [0.15, 0.2) is 5.17 Å². The van der Waals surface area contributed by atoms with E-state index in [9.17, 15) is 4.79 Å². The number of amidine groups is 1. The molecule has 2 saturated heterocycles. The Morgan fingerprint density at radius 2 is 1.86 bits per heavy atom. The van der Waals surface area contributed by atoms with Gasteiger partial charge in [-0.2, -0.15) is 0 Å². The number of hydrogen-bond donors (Lipinski definition) is 0. The van der Waals surface area contributed by atoms with Crippen LogP contribution in [-0.4, -0.2) is 40.3 Å². The number of carbonyl (C=O) groups is 1. The summed E-state index contributed by atoms with van der Waals surface area (Å²) in [5.41, 5.74) is 5.04. The zero-order valence-electron chi connectivity index (χ0n) is 15.8. The molecular formula is C21H22N2O2S3. The van der Waals surface area contributed by atoms with Gasteiger partial charge in [0.2, 0.25) is 5.91 Å². The molecule has 1 aromatic carbocycles. The van der Waals surface area contributed by atoms with Gasteiger partial charge < -0.3 is 4.74 Å². The van der Waals surface area contributed by atoms with E-state index in [0.717, 1.165) is 41.4 Å². The summed E-state index contributed by atoms with van der Waals surface area (Å²) >= 11 is 5.55. The summed E-state index contributed by atoms with van der Waals surface area (Å²) in [4.78, 5) is 19.7. The van der Waals surface area contributed by atoms with Gasteiger partial charge in [-0.15, -0.1) is 23.5 Å². The lowest BCUT2D eigenvalue weighted by Crippen LogP contribution is -2.38. The van der Waals surface area contributed by atoms with Crippen LogP contribution in [0.2, 0.25) is 0 Å². The molecule has 1 unspecified atom stereocenters. The van der Waals surface area contributed by atoms with Crippen LogP contribution in [0.25, 0.3) is 0 Å². The predicted octanol–water partition coefficient (Wildman–Crippen LogP) is 5.20. The van der Waals surface area contributed by atoms with E-state index in [4.69, 9.17) is 9.73 Å². The first-order valence-corrected chi connectivity index (χ1v) is 12.6. The molecule has 2 fully saturated rings. The topological polar surface area (TPSA) is 41.9 Å². The van der Waals surface area contributed by atoms with Crippen LogP contribution in [0.3, 0.4) is 0 Å². The van der Waals surface area contributed by atoms with Crippen LogP contribution in [0.5, 0.6) is 5.75 Å². The number of methoxy groups -OCH3 is 1. The third-order valence-electron chi connectivity index (χ3n) is 5.49. The number of fused-ring (bicyclic) bond motifs is 1. The summed E-state index contributed by atoms with van der Waals surface area (Å²) in [6.07, 6.45) is 4.51. The Morgan fingerprint density at radius 3 is 2.61 bits per heavy atom. The number of ether oxygens (including phenoxy) is 1. The van der Waals surface area contributed by atoms with E-state index >= 15 is 0 Å². The Labute approximate surface area is 178 Å². The summed E-state index contributed by atoms with van der Waals surface area (Å²) in [5.74, 6) is 3.89. The first-order chi connectivity index (χ1) is 13.8. The predicted molar refractivity (Wildman–Crippen MR) is 120 cm³/mol.